The number of anilines is 6. The first-order valence-corrected chi connectivity index (χ1v) is 22.4. The first kappa shape index (κ1) is 39.3. The lowest BCUT2D eigenvalue weighted by molar-refractivity contribution is -0.671. The molecule has 2 aromatic heterocycles. The normalized spacial score (nSPS) is 13.7. The van der Waals surface area contributed by atoms with E-state index in [1.165, 1.54) is 66.8 Å². The van der Waals surface area contributed by atoms with Gasteiger partial charge in [-0.1, -0.05) is 100 Å². The minimum absolute atomic E-state index is 0.202. The van der Waals surface area contributed by atoms with Crippen LogP contribution >= 0.6 is 0 Å². The van der Waals surface area contributed by atoms with Gasteiger partial charge < -0.3 is 9.80 Å². The van der Waals surface area contributed by atoms with Gasteiger partial charge in [-0.2, -0.15) is 0 Å². The van der Waals surface area contributed by atoms with Crippen molar-refractivity contribution < 1.29 is 9.13 Å². The lowest BCUT2D eigenvalue weighted by atomic mass is 9.79. The van der Waals surface area contributed by atoms with Crippen LogP contribution in [-0.2, 0) is 24.9 Å². The van der Waals surface area contributed by atoms with E-state index in [0.29, 0.717) is 0 Å². The van der Waals surface area contributed by atoms with E-state index >= 15 is 0 Å². The van der Waals surface area contributed by atoms with E-state index in [1.54, 1.807) is 0 Å². The largest absolute Gasteiger partial charge is 0.310 e. The van der Waals surface area contributed by atoms with Crippen LogP contribution in [0.4, 0.5) is 34.1 Å². The predicted molar refractivity (Wildman–Crippen MR) is 264 cm³/mol. The van der Waals surface area contributed by atoms with E-state index in [0.717, 1.165) is 34.1 Å². The first-order chi connectivity index (χ1) is 31.0. The molecule has 64 heavy (non-hydrogen) atoms. The zero-order valence-corrected chi connectivity index (χ0v) is 37.4. The molecule has 0 saturated heterocycles. The molecule has 7 aromatic carbocycles. The Hall–Kier alpha value is -7.56. The number of fused-ring (bicyclic) bond motifs is 6. The average molecular weight is 829 g/mol. The highest BCUT2D eigenvalue weighted by Gasteiger charge is 2.42. The van der Waals surface area contributed by atoms with Crippen molar-refractivity contribution in [3.8, 4) is 44.5 Å². The molecule has 0 atom stereocenters. The maximum atomic E-state index is 2.52. The Morgan fingerprint density at radius 1 is 0.297 bits per heavy atom. The second kappa shape index (κ2) is 15.1. The Kier molecular flexibility index (Phi) is 9.25. The zero-order chi connectivity index (χ0) is 43.7. The summed E-state index contributed by atoms with van der Waals surface area (Å²) in [7, 11) is 4.10. The molecule has 11 rings (SSSR count). The molecule has 0 unspecified atom stereocenters. The van der Waals surface area contributed by atoms with Crippen LogP contribution in [0.2, 0.25) is 0 Å². The number of hydrogen-bond donors (Lipinski definition) is 0. The van der Waals surface area contributed by atoms with Gasteiger partial charge in [-0.15, -0.1) is 0 Å². The zero-order valence-electron chi connectivity index (χ0n) is 37.4. The Balaban J connectivity index is 0.955. The van der Waals surface area contributed by atoms with Crippen molar-refractivity contribution in [2.45, 2.75) is 38.5 Å². The van der Waals surface area contributed by atoms with Crippen LogP contribution in [0.3, 0.4) is 0 Å². The molecule has 0 fully saturated rings. The fraction of sp³-hybridized carbons (Fsp3) is 0.133. The van der Waals surface area contributed by atoms with Crippen molar-refractivity contribution in [2.24, 2.45) is 14.1 Å². The number of para-hydroxylation sites is 2. The lowest BCUT2D eigenvalue weighted by Gasteiger charge is -2.28. The van der Waals surface area contributed by atoms with E-state index in [1.807, 2.05) is 0 Å². The van der Waals surface area contributed by atoms with E-state index in [4.69, 9.17) is 0 Å². The minimum Gasteiger partial charge on any atom is -0.310 e. The molecule has 4 nitrogen and oxygen atoms in total. The van der Waals surface area contributed by atoms with Gasteiger partial charge in [0.1, 0.15) is 14.1 Å². The van der Waals surface area contributed by atoms with Crippen LogP contribution in [0.1, 0.15) is 49.9 Å². The van der Waals surface area contributed by atoms with Crippen LogP contribution in [-0.4, -0.2) is 0 Å². The number of aryl methyl sites for hydroxylation is 2. The molecular formula is C60H52N4+2. The van der Waals surface area contributed by atoms with Gasteiger partial charge in [-0.3, -0.25) is 0 Å². The summed E-state index contributed by atoms with van der Waals surface area (Å²) in [4.78, 5) is 4.78. The van der Waals surface area contributed by atoms with Crippen molar-refractivity contribution in [1.82, 2.24) is 0 Å². The molecule has 2 aliphatic carbocycles. The Morgan fingerprint density at radius 2 is 0.594 bits per heavy atom. The highest BCUT2D eigenvalue weighted by Crippen LogP contribution is 2.57. The topological polar surface area (TPSA) is 14.2 Å². The summed E-state index contributed by atoms with van der Waals surface area (Å²) in [5.74, 6) is 0. The summed E-state index contributed by atoms with van der Waals surface area (Å²) < 4.78 is 4.14. The van der Waals surface area contributed by atoms with Crippen LogP contribution in [0.15, 0.2) is 207 Å². The van der Waals surface area contributed by atoms with Gasteiger partial charge in [0.15, 0.2) is 24.8 Å². The molecule has 9 aromatic rings. The highest BCUT2D eigenvalue weighted by molar-refractivity contribution is 5.92. The van der Waals surface area contributed by atoms with Crippen LogP contribution in [0.5, 0.6) is 0 Å². The van der Waals surface area contributed by atoms with Crippen molar-refractivity contribution >= 4 is 34.1 Å². The molecular weight excluding hydrogens is 777 g/mol. The van der Waals surface area contributed by atoms with Gasteiger partial charge in [0, 0.05) is 69.2 Å². The molecule has 0 aliphatic heterocycles. The van der Waals surface area contributed by atoms with Gasteiger partial charge in [0.05, 0.1) is 0 Å². The summed E-state index contributed by atoms with van der Waals surface area (Å²) >= 11 is 0. The molecule has 2 aliphatic rings. The Morgan fingerprint density at radius 3 is 0.953 bits per heavy atom. The van der Waals surface area contributed by atoms with Crippen molar-refractivity contribution in [1.29, 1.82) is 0 Å². The summed E-state index contributed by atoms with van der Waals surface area (Å²) in [6.07, 6.45) is 8.40. The summed E-state index contributed by atoms with van der Waals surface area (Å²) in [6, 6.07) is 67.4. The van der Waals surface area contributed by atoms with Crippen LogP contribution in [0, 0.1) is 0 Å². The van der Waals surface area contributed by atoms with Crippen molar-refractivity contribution in [3.63, 3.8) is 0 Å². The second-order valence-electron chi connectivity index (χ2n) is 18.6. The molecule has 2 heterocycles. The summed E-state index contributed by atoms with van der Waals surface area (Å²) in [6.45, 7) is 9.61. The number of hydrogen-bond acceptors (Lipinski definition) is 2. The van der Waals surface area contributed by atoms with Crippen molar-refractivity contribution in [3.05, 3.63) is 229 Å². The molecule has 0 radical (unpaired) electrons. The van der Waals surface area contributed by atoms with E-state index in [2.05, 4.69) is 268 Å². The maximum Gasteiger partial charge on any atom is 0.169 e. The molecule has 0 amide bonds. The third-order valence-electron chi connectivity index (χ3n) is 13.9. The Bertz CT molecular complexity index is 2970. The van der Waals surface area contributed by atoms with Crippen LogP contribution in [0.25, 0.3) is 44.5 Å². The smallest absolute Gasteiger partial charge is 0.169 e. The fourth-order valence-electron chi connectivity index (χ4n) is 10.3. The van der Waals surface area contributed by atoms with Gasteiger partial charge >= 0.3 is 0 Å². The number of aromatic nitrogens is 2. The standard InChI is InChI=1S/C60H52N4/c1-59(2)55-37-49(63(45-13-9-7-10-14-45)47-21-17-41(18-22-47)43-29-33-61(5)34-30-43)25-27-51(55)53-40-58-54(39-57(53)59)52-28-26-50(38-56(52)60(58,3)4)64(46-15-11-8-12-16-46)48-23-19-42(20-24-48)44-31-35-62(6)36-32-44/h7-40H,1-6H3/q+2. The minimum atomic E-state index is -0.202. The third kappa shape index (κ3) is 6.52. The molecule has 310 valence electrons. The molecule has 0 saturated carbocycles. The monoisotopic (exact) mass is 828 g/mol. The van der Waals surface area contributed by atoms with Gasteiger partial charge in [0.2, 0.25) is 0 Å². The Labute approximate surface area is 377 Å². The van der Waals surface area contributed by atoms with Crippen LogP contribution < -0.4 is 18.9 Å². The molecule has 0 spiro atoms. The van der Waals surface area contributed by atoms with E-state index < -0.39 is 0 Å². The quantitative estimate of drug-likeness (QED) is 0.142. The summed E-state index contributed by atoms with van der Waals surface area (Å²) in [5.41, 5.74) is 22.1. The van der Waals surface area contributed by atoms with E-state index in [-0.39, 0.29) is 10.8 Å². The number of rotatable bonds is 8. The molecule has 0 bridgehead atoms. The van der Waals surface area contributed by atoms with E-state index in [9.17, 15) is 0 Å². The lowest BCUT2D eigenvalue weighted by Crippen LogP contribution is -2.25. The predicted octanol–water partition coefficient (Wildman–Crippen LogP) is 14.2. The molecule has 0 N–H and O–H groups in total. The van der Waals surface area contributed by atoms with Gasteiger partial charge in [0.25, 0.3) is 0 Å². The average Bonchev–Trinajstić information content (AvgIpc) is 3.68. The number of nitrogens with zero attached hydrogens (tertiary/aromatic N) is 4. The van der Waals surface area contributed by atoms with Crippen molar-refractivity contribution in [2.75, 3.05) is 9.80 Å². The second-order valence-corrected chi connectivity index (χ2v) is 18.6. The van der Waals surface area contributed by atoms with Gasteiger partial charge in [-0.25, -0.2) is 9.13 Å². The summed E-state index contributed by atoms with van der Waals surface area (Å²) in [5, 5.41) is 0. The number of pyridine rings is 2. The first-order valence-electron chi connectivity index (χ1n) is 22.4. The SMILES string of the molecule is C[n+]1ccc(-c2ccc(N(c3ccccc3)c3ccc4c(c3)C(C)(C)c3cc5c(cc3-4)C(C)(C)c3cc(N(c4ccccc4)c4ccc(-c6cc[n+](C)cc6)cc4)ccc3-5)cc2)cc1. The third-order valence-corrected chi connectivity index (χ3v) is 13.9. The fourth-order valence-corrected chi connectivity index (χ4v) is 10.3. The number of benzene rings is 7. The van der Waals surface area contributed by atoms with Gasteiger partial charge in [-0.05, 0) is 152 Å². The maximum absolute atomic E-state index is 2.52. The molecule has 4 heteroatoms. The highest BCUT2D eigenvalue weighted by atomic mass is 15.1.